The first-order chi connectivity index (χ1) is 8.42. The fourth-order valence-electron chi connectivity index (χ4n) is 1.58. The summed E-state index contributed by atoms with van der Waals surface area (Å²) in [6, 6.07) is 3.29. The van der Waals surface area contributed by atoms with Gasteiger partial charge < -0.3 is 10.1 Å². The number of pyridine rings is 1. The van der Waals surface area contributed by atoms with Gasteiger partial charge >= 0.3 is 5.97 Å². The molecule has 0 spiro atoms. The number of esters is 1. The van der Waals surface area contributed by atoms with Gasteiger partial charge in [0.05, 0.1) is 7.11 Å². The van der Waals surface area contributed by atoms with E-state index in [-0.39, 0.29) is 12.0 Å². The lowest BCUT2D eigenvalue weighted by molar-refractivity contribution is -0.141. The summed E-state index contributed by atoms with van der Waals surface area (Å²) in [6.45, 7) is 4.13. The number of halogens is 2. The number of nitrogens with one attached hydrogen (secondary N) is 1. The van der Waals surface area contributed by atoms with Crippen molar-refractivity contribution in [3.8, 4) is 0 Å². The molecule has 0 saturated heterocycles. The van der Waals surface area contributed by atoms with Gasteiger partial charge in [-0.1, -0.05) is 13.8 Å². The number of carbonyl (C=O) groups excluding carboxylic acids is 1. The van der Waals surface area contributed by atoms with Gasteiger partial charge in [0.25, 0.3) is 0 Å². The lowest BCUT2D eigenvalue weighted by atomic mass is 10.0. The van der Waals surface area contributed by atoms with Crippen LogP contribution in [0.2, 0.25) is 0 Å². The Labute approximate surface area is 124 Å². The number of rotatable bonds is 5. The molecular formula is C12H16Br2N2O2. The van der Waals surface area contributed by atoms with E-state index in [0.29, 0.717) is 21.5 Å². The molecule has 100 valence electrons. The van der Waals surface area contributed by atoms with Gasteiger partial charge in [-0.2, -0.15) is 0 Å². The van der Waals surface area contributed by atoms with Crippen LogP contribution in [0.25, 0.3) is 0 Å². The van der Waals surface area contributed by atoms with Crippen molar-refractivity contribution in [1.82, 2.24) is 4.98 Å². The van der Waals surface area contributed by atoms with Crippen LogP contribution in [-0.4, -0.2) is 24.1 Å². The number of aromatic nitrogens is 1. The van der Waals surface area contributed by atoms with Crippen molar-refractivity contribution in [3.05, 3.63) is 21.3 Å². The zero-order chi connectivity index (χ0) is 13.7. The molecule has 0 radical (unpaired) electrons. The minimum atomic E-state index is -0.351. The van der Waals surface area contributed by atoms with E-state index in [1.54, 1.807) is 0 Å². The Hall–Kier alpha value is -0.620. The average molecular weight is 380 g/mol. The molecule has 0 fully saturated rings. The predicted molar refractivity (Wildman–Crippen MR) is 78.5 cm³/mol. The third-order valence-corrected chi connectivity index (χ3v) is 3.11. The molecule has 0 aromatic carbocycles. The number of methoxy groups -OCH3 is 1. The monoisotopic (exact) mass is 378 g/mol. The molecule has 0 saturated carbocycles. The van der Waals surface area contributed by atoms with Crippen molar-refractivity contribution < 1.29 is 9.53 Å². The van der Waals surface area contributed by atoms with Crippen LogP contribution in [0.15, 0.2) is 21.3 Å². The second-order valence-corrected chi connectivity index (χ2v) is 5.98. The number of ether oxygens (including phenoxy) is 1. The highest BCUT2D eigenvalue weighted by Gasteiger charge is 2.20. The summed E-state index contributed by atoms with van der Waals surface area (Å²) in [5, 5.41) is 3.17. The molecule has 0 unspecified atom stereocenters. The standard InChI is InChI=1S/C12H16Br2N2O2/c1-7(2)4-9(12(17)18-3)15-8-5-10(13)16-11(14)6-8/h5-7,9H,4H2,1-3H3,(H,15,16)/t9-/m0/s1. The highest BCUT2D eigenvalue weighted by molar-refractivity contribution is 9.11. The first-order valence-corrected chi connectivity index (χ1v) is 7.18. The van der Waals surface area contributed by atoms with Gasteiger partial charge in [0.15, 0.2) is 0 Å². The Morgan fingerprint density at radius 2 is 1.94 bits per heavy atom. The summed E-state index contributed by atoms with van der Waals surface area (Å²) >= 11 is 6.62. The van der Waals surface area contributed by atoms with E-state index in [1.807, 2.05) is 12.1 Å². The minimum absolute atomic E-state index is 0.257. The second kappa shape index (κ2) is 7.09. The van der Waals surface area contributed by atoms with Crippen LogP contribution in [0.4, 0.5) is 5.69 Å². The molecule has 1 heterocycles. The molecule has 0 aliphatic carbocycles. The largest absolute Gasteiger partial charge is 0.467 e. The van der Waals surface area contributed by atoms with Crippen molar-refractivity contribution in [2.45, 2.75) is 26.3 Å². The minimum Gasteiger partial charge on any atom is -0.467 e. The van der Waals surface area contributed by atoms with Crippen molar-refractivity contribution in [2.24, 2.45) is 5.92 Å². The third kappa shape index (κ3) is 4.94. The maximum Gasteiger partial charge on any atom is 0.328 e. The topological polar surface area (TPSA) is 51.2 Å². The highest BCUT2D eigenvalue weighted by atomic mass is 79.9. The zero-order valence-electron chi connectivity index (χ0n) is 10.5. The normalized spacial score (nSPS) is 12.3. The number of hydrogen-bond acceptors (Lipinski definition) is 4. The Balaban J connectivity index is 2.84. The molecule has 18 heavy (non-hydrogen) atoms. The molecule has 1 aromatic heterocycles. The molecule has 6 heteroatoms. The fourth-order valence-corrected chi connectivity index (χ4v) is 2.69. The van der Waals surface area contributed by atoms with Gasteiger partial charge in [0, 0.05) is 5.69 Å². The summed E-state index contributed by atoms with van der Waals surface area (Å²) in [6.07, 6.45) is 0.713. The summed E-state index contributed by atoms with van der Waals surface area (Å²) in [5.74, 6) is 0.142. The van der Waals surface area contributed by atoms with Crippen molar-refractivity contribution in [2.75, 3.05) is 12.4 Å². The van der Waals surface area contributed by atoms with Crippen LogP contribution in [-0.2, 0) is 9.53 Å². The van der Waals surface area contributed by atoms with Crippen LogP contribution in [0.1, 0.15) is 20.3 Å². The van der Waals surface area contributed by atoms with Gasteiger partial charge in [0.2, 0.25) is 0 Å². The zero-order valence-corrected chi connectivity index (χ0v) is 13.7. The molecule has 1 aromatic rings. The molecule has 0 aliphatic rings. The molecule has 0 amide bonds. The second-order valence-electron chi connectivity index (χ2n) is 4.35. The Morgan fingerprint density at radius 1 is 1.39 bits per heavy atom. The molecular weight excluding hydrogens is 364 g/mol. The lowest BCUT2D eigenvalue weighted by Gasteiger charge is -2.19. The molecule has 1 N–H and O–H groups in total. The van der Waals surface area contributed by atoms with Crippen LogP contribution in [0.3, 0.4) is 0 Å². The number of anilines is 1. The van der Waals surface area contributed by atoms with Gasteiger partial charge in [-0.3, -0.25) is 0 Å². The van der Waals surface area contributed by atoms with E-state index >= 15 is 0 Å². The summed E-state index contributed by atoms with van der Waals surface area (Å²) in [4.78, 5) is 15.8. The van der Waals surface area contributed by atoms with Gasteiger partial charge in [0.1, 0.15) is 15.2 Å². The van der Waals surface area contributed by atoms with E-state index < -0.39 is 0 Å². The van der Waals surface area contributed by atoms with Crippen LogP contribution in [0, 0.1) is 5.92 Å². The molecule has 1 atom stereocenters. The fraction of sp³-hybridized carbons (Fsp3) is 0.500. The first-order valence-electron chi connectivity index (χ1n) is 5.59. The Bertz CT molecular complexity index is 404. The maximum atomic E-state index is 11.7. The van der Waals surface area contributed by atoms with Crippen molar-refractivity contribution in [3.63, 3.8) is 0 Å². The molecule has 4 nitrogen and oxygen atoms in total. The van der Waals surface area contributed by atoms with Crippen LogP contribution in [0.5, 0.6) is 0 Å². The molecule has 0 aliphatic heterocycles. The smallest absolute Gasteiger partial charge is 0.328 e. The first kappa shape index (κ1) is 15.4. The number of nitrogens with zero attached hydrogens (tertiary/aromatic N) is 1. The summed E-state index contributed by atoms with van der Waals surface area (Å²) in [5.41, 5.74) is 0.819. The summed E-state index contributed by atoms with van der Waals surface area (Å²) < 4.78 is 6.21. The van der Waals surface area contributed by atoms with Gasteiger partial charge in [-0.25, -0.2) is 9.78 Å². The lowest BCUT2D eigenvalue weighted by Crippen LogP contribution is -2.32. The molecule has 1 rings (SSSR count). The summed E-state index contributed by atoms with van der Waals surface area (Å²) in [7, 11) is 1.40. The molecule has 0 bridgehead atoms. The van der Waals surface area contributed by atoms with Crippen LogP contribution < -0.4 is 5.32 Å². The Morgan fingerprint density at radius 3 is 2.39 bits per heavy atom. The van der Waals surface area contributed by atoms with E-state index in [0.717, 1.165) is 5.69 Å². The van der Waals surface area contributed by atoms with Gasteiger partial charge in [-0.05, 0) is 56.3 Å². The van der Waals surface area contributed by atoms with E-state index in [1.165, 1.54) is 7.11 Å². The van der Waals surface area contributed by atoms with Crippen molar-refractivity contribution >= 4 is 43.5 Å². The van der Waals surface area contributed by atoms with Gasteiger partial charge in [-0.15, -0.1) is 0 Å². The predicted octanol–water partition coefficient (Wildman–Crippen LogP) is 3.61. The van der Waals surface area contributed by atoms with Crippen LogP contribution >= 0.6 is 31.9 Å². The third-order valence-electron chi connectivity index (χ3n) is 2.30. The van der Waals surface area contributed by atoms with E-state index in [4.69, 9.17) is 4.74 Å². The van der Waals surface area contributed by atoms with E-state index in [9.17, 15) is 4.79 Å². The SMILES string of the molecule is COC(=O)[C@H](CC(C)C)Nc1cc(Br)nc(Br)c1. The highest BCUT2D eigenvalue weighted by Crippen LogP contribution is 2.21. The van der Waals surface area contributed by atoms with E-state index in [2.05, 4.69) is 56.0 Å². The average Bonchev–Trinajstić information content (AvgIpc) is 2.25. The quantitative estimate of drug-likeness (QED) is 0.627. The maximum absolute atomic E-state index is 11.7. The number of hydrogen-bond donors (Lipinski definition) is 1. The number of carbonyl (C=O) groups is 1. The Kier molecular flexibility index (Phi) is 6.08. The van der Waals surface area contributed by atoms with Crippen molar-refractivity contribution in [1.29, 1.82) is 0 Å².